The lowest BCUT2D eigenvalue weighted by molar-refractivity contribution is 0.0885. The van der Waals surface area contributed by atoms with Crippen LogP contribution >= 0.6 is 11.6 Å². The Balaban J connectivity index is 2.78. The standard InChI is InChI=1S/C10H13ClO2/c1-3-7(4-2)10(12)8-5-6-9(11)13-8/h5-7H,3-4H2,1-2H3. The van der Waals surface area contributed by atoms with Crippen LogP contribution < -0.4 is 0 Å². The van der Waals surface area contributed by atoms with Gasteiger partial charge in [0.15, 0.2) is 11.0 Å². The van der Waals surface area contributed by atoms with Gasteiger partial charge in [0.25, 0.3) is 0 Å². The van der Waals surface area contributed by atoms with Gasteiger partial charge in [0.05, 0.1) is 0 Å². The molecule has 3 heteroatoms. The molecular weight excluding hydrogens is 188 g/mol. The molecule has 0 aromatic carbocycles. The number of rotatable bonds is 4. The third-order valence-electron chi connectivity index (χ3n) is 2.17. The van der Waals surface area contributed by atoms with Crippen LogP contribution in [0.5, 0.6) is 0 Å². The van der Waals surface area contributed by atoms with Gasteiger partial charge in [-0.15, -0.1) is 0 Å². The Labute approximate surface area is 82.9 Å². The topological polar surface area (TPSA) is 30.2 Å². The summed E-state index contributed by atoms with van der Waals surface area (Å²) in [5, 5.41) is 0.273. The average molecular weight is 201 g/mol. The van der Waals surface area contributed by atoms with Gasteiger partial charge in [0.2, 0.25) is 5.78 Å². The summed E-state index contributed by atoms with van der Waals surface area (Å²) in [6.07, 6.45) is 1.68. The molecule has 0 atom stereocenters. The van der Waals surface area contributed by atoms with E-state index in [2.05, 4.69) is 0 Å². The number of hydrogen-bond donors (Lipinski definition) is 0. The summed E-state index contributed by atoms with van der Waals surface area (Å²) in [4.78, 5) is 11.7. The predicted octanol–water partition coefficient (Wildman–Crippen LogP) is 3.55. The summed E-state index contributed by atoms with van der Waals surface area (Å²) >= 11 is 5.58. The van der Waals surface area contributed by atoms with Crippen LogP contribution in [0.4, 0.5) is 0 Å². The minimum Gasteiger partial charge on any atom is -0.442 e. The highest BCUT2D eigenvalue weighted by molar-refractivity contribution is 6.29. The lowest BCUT2D eigenvalue weighted by Crippen LogP contribution is -2.11. The first-order valence-corrected chi connectivity index (χ1v) is 4.86. The SMILES string of the molecule is CCC(CC)C(=O)c1ccc(Cl)o1. The van der Waals surface area contributed by atoms with E-state index < -0.39 is 0 Å². The first-order valence-electron chi connectivity index (χ1n) is 4.48. The van der Waals surface area contributed by atoms with Crippen LogP contribution in [-0.2, 0) is 0 Å². The van der Waals surface area contributed by atoms with Crippen molar-refractivity contribution >= 4 is 17.4 Å². The van der Waals surface area contributed by atoms with Crippen molar-refractivity contribution in [2.75, 3.05) is 0 Å². The largest absolute Gasteiger partial charge is 0.442 e. The molecule has 1 rings (SSSR count). The molecule has 0 aliphatic carbocycles. The van der Waals surface area contributed by atoms with Crippen molar-refractivity contribution in [2.45, 2.75) is 26.7 Å². The smallest absolute Gasteiger partial charge is 0.201 e. The molecule has 1 heterocycles. The van der Waals surface area contributed by atoms with Gasteiger partial charge in [0, 0.05) is 5.92 Å². The molecule has 0 amide bonds. The fourth-order valence-electron chi connectivity index (χ4n) is 1.31. The normalized spacial score (nSPS) is 10.8. The molecule has 0 unspecified atom stereocenters. The summed E-state index contributed by atoms with van der Waals surface area (Å²) in [5.74, 6) is 0.484. The third-order valence-corrected chi connectivity index (χ3v) is 2.38. The number of carbonyl (C=O) groups is 1. The fraction of sp³-hybridized carbons (Fsp3) is 0.500. The van der Waals surface area contributed by atoms with Crippen LogP contribution in [-0.4, -0.2) is 5.78 Å². The van der Waals surface area contributed by atoms with Crippen LogP contribution in [0.15, 0.2) is 16.5 Å². The summed E-state index contributed by atoms with van der Waals surface area (Å²) in [7, 11) is 0. The number of ketones is 1. The van der Waals surface area contributed by atoms with Crippen molar-refractivity contribution in [1.82, 2.24) is 0 Å². The second kappa shape index (κ2) is 4.47. The molecule has 0 aliphatic rings. The highest BCUT2D eigenvalue weighted by Gasteiger charge is 2.19. The number of hydrogen-bond acceptors (Lipinski definition) is 2. The molecule has 2 nitrogen and oxygen atoms in total. The number of Topliss-reactive ketones (excluding diaryl/α,β-unsaturated/α-hetero) is 1. The van der Waals surface area contributed by atoms with E-state index in [0.29, 0.717) is 5.76 Å². The van der Waals surface area contributed by atoms with Crippen molar-refractivity contribution in [2.24, 2.45) is 5.92 Å². The monoisotopic (exact) mass is 200 g/mol. The average Bonchev–Trinajstić information content (AvgIpc) is 2.54. The summed E-state index contributed by atoms with van der Waals surface area (Å²) in [6.45, 7) is 3.99. The van der Waals surface area contributed by atoms with Gasteiger partial charge >= 0.3 is 0 Å². The van der Waals surface area contributed by atoms with E-state index in [0.717, 1.165) is 12.8 Å². The third kappa shape index (κ3) is 2.34. The van der Waals surface area contributed by atoms with Gasteiger partial charge in [-0.05, 0) is 36.6 Å². The molecule has 1 aromatic rings. The second-order valence-corrected chi connectivity index (χ2v) is 3.35. The molecule has 0 aliphatic heterocycles. The molecular formula is C10H13ClO2. The second-order valence-electron chi connectivity index (χ2n) is 2.98. The zero-order valence-electron chi connectivity index (χ0n) is 7.84. The highest BCUT2D eigenvalue weighted by atomic mass is 35.5. The van der Waals surface area contributed by atoms with Crippen LogP contribution in [0, 0.1) is 5.92 Å². The van der Waals surface area contributed by atoms with Gasteiger partial charge in [-0.1, -0.05) is 13.8 Å². The predicted molar refractivity (Wildman–Crippen MR) is 52.1 cm³/mol. The van der Waals surface area contributed by atoms with Gasteiger partial charge in [-0.25, -0.2) is 0 Å². The van der Waals surface area contributed by atoms with Crippen molar-refractivity contribution in [1.29, 1.82) is 0 Å². The quantitative estimate of drug-likeness (QED) is 0.696. The maximum atomic E-state index is 11.7. The van der Waals surface area contributed by atoms with E-state index in [1.165, 1.54) is 0 Å². The Kier molecular flexibility index (Phi) is 3.55. The van der Waals surface area contributed by atoms with E-state index in [1.807, 2.05) is 13.8 Å². The molecule has 0 fully saturated rings. The zero-order valence-corrected chi connectivity index (χ0v) is 8.60. The first kappa shape index (κ1) is 10.3. The molecule has 0 N–H and O–H groups in total. The molecule has 0 radical (unpaired) electrons. The Morgan fingerprint density at radius 3 is 2.46 bits per heavy atom. The van der Waals surface area contributed by atoms with E-state index in [9.17, 15) is 4.79 Å². The van der Waals surface area contributed by atoms with Crippen molar-refractivity contribution in [3.63, 3.8) is 0 Å². The van der Waals surface area contributed by atoms with Crippen LogP contribution in [0.2, 0.25) is 5.22 Å². The minimum atomic E-state index is 0.0527. The summed E-state index contributed by atoms with van der Waals surface area (Å²) < 4.78 is 5.05. The Morgan fingerprint density at radius 2 is 2.08 bits per heavy atom. The maximum absolute atomic E-state index is 11.7. The minimum absolute atomic E-state index is 0.0527. The molecule has 0 bridgehead atoms. The molecule has 13 heavy (non-hydrogen) atoms. The molecule has 0 saturated heterocycles. The highest BCUT2D eigenvalue weighted by Crippen LogP contribution is 2.19. The van der Waals surface area contributed by atoms with Crippen molar-refractivity contribution in [3.8, 4) is 0 Å². The molecule has 0 saturated carbocycles. The fourth-order valence-corrected chi connectivity index (χ4v) is 1.45. The van der Waals surface area contributed by atoms with Gasteiger partial charge < -0.3 is 4.42 Å². The lowest BCUT2D eigenvalue weighted by atomic mass is 9.97. The number of halogens is 1. The molecule has 72 valence electrons. The van der Waals surface area contributed by atoms with Gasteiger partial charge in [0.1, 0.15) is 0 Å². The first-order chi connectivity index (χ1) is 6.19. The molecule has 0 spiro atoms. The van der Waals surface area contributed by atoms with E-state index in [4.69, 9.17) is 16.0 Å². The Hall–Kier alpha value is -0.760. The van der Waals surface area contributed by atoms with Gasteiger partial charge in [-0.3, -0.25) is 4.79 Å². The van der Waals surface area contributed by atoms with E-state index in [-0.39, 0.29) is 16.9 Å². The number of carbonyl (C=O) groups excluding carboxylic acids is 1. The lowest BCUT2D eigenvalue weighted by Gasteiger charge is -2.07. The van der Waals surface area contributed by atoms with Crippen LogP contribution in [0.1, 0.15) is 37.2 Å². The van der Waals surface area contributed by atoms with Gasteiger partial charge in [-0.2, -0.15) is 0 Å². The number of furan rings is 1. The van der Waals surface area contributed by atoms with Crippen LogP contribution in [0.3, 0.4) is 0 Å². The Morgan fingerprint density at radius 1 is 1.46 bits per heavy atom. The van der Waals surface area contributed by atoms with E-state index >= 15 is 0 Å². The summed E-state index contributed by atoms with van der Waals surface area (Å²) in [6, 6.07) is 3.22. The van der Waals surface area contributed by atoms with Crippen molar-refractivity contribution < 1.29 is 9.21 Å². The molecule has 1 aromatic heterocycles. The summed E-state index contributed by atoms with van der Waals surface area (Å²) in [5.41, 5.74) is 0. The maximum Gasteiger partial charge on any atom is 0.201 e. The Bertz CT molecular complexity index is 287. The van der Waals surface area contributed by atoms with Crippen LogP contribution in [0.25, 0.3) is 0 Å². The van der Waals surface area contributed by atoms with E-state index in [1.54, 1.807) is 12.1 Å². The zero-order chi connectivity index (χ0) is 9.84. The van der Waals surface area contributed by atoms with Crippen molar-refractivity contribution in [3.05, 3.63) is 23.1 Å².